The van der Waals surface area contributed by atoms with Crippen LogP contribution in [0.5, 0.6) is 0 Å². The molecule has 0 aliphatic rings. The van der Waals surface area contributed by atoms with E-state index in [1.54, 1.807) is 19.1 Å². The number of aryl methyl sites for hydroxylation is 2. The fraction of sp³-hybridized carbons (Fsp3) is 0.316. The van der Waals surface area contributed by atoms with E-state index in [2.05, 4.69) is 9.97 Å². The van der Waals surface area contributed by atoms with Crippen LogP contribution in [0, 0.1) is 19.7 Å². The first-order valence-corrected chi connectivity index (χ1v) is 10.2. The number of H-pyrrole nitrogens is 1. The van der Waals surface area contributed by atoms with Gasteiger partial charge in [-0.25, -0.2) is 9.37 Å². The van der Waals surface area contributed by atoms with Crippen LogP contribution in [0.3, 0.4) is 0 Å². The van der Waals surface area contributed by atoms with Crippen LogP contribution in [0.4, 0.5) is 4.39 Å². The predicted molar refractivity (Wildman–Crippen MR) is 106 cm³/mol. The zero-order valence-electron chi connectivity index (χ0n) is 15.2. The Morgan fingerprint density at radius 3 is 2.74 bits per heavy atom. The Kier molecular flexibility index (Phi) is 5.96. The molecule has 0 spiro atoms. The van der Waals surface area contributed by atoms with Gasteiger partial charge in [-0.1, -0.05) is 0 Å². The highest BCUT2D eigenvalue weighted by atomic mass is 32.2. The van der Waals surface area contributed by atoms with E-state index < -0.39 is 6.10 Å². The van der Waals surface area contributed by atoms with Crippen molar-refractivity contribution in [3.63, 3.8) is 0 Å². The molecule has 5 nitrogen and oxygen atoms in total. The molecular formula is C19H19FN2O3S2. The number of carbonyl (C=O) groups is 1. The number of carbonyl (C=O) groups excluding carboxylic acids is 1. The van der Waals surface area contributed by atoms with Crippen LogP contribution in [0.25, 0.3) is 10.2 Å². The largest absolute Gasteiger partial charge is 0.454 e. The van der Waals surface area contributed by atoms with Crippen LogP contribution in [-0.4, -0.2) is 21.7 Å². The minimum absolute atomic E-state index is 0.204. The van der Waals surface area contributed by atoms with Crippen molar-refractivity contribution < 1.29 is 13.9 Å². The van der Waals surface area contributed by atoms with Crippen molar-refractivity contribution in [2.24, 2.45) is 0 Å². The van der Waals surface area contributed by atoms with E-state index in [1.165, 1.54) is 35.2 Å². The number of aromatic nitrogens is 2. The lowest BCUT2D eigenvalue weighted by molar-refractivity contribution is -0.148. The number of rotatable bonds is 6. The number of thioether (sulfide) groups is 1. The number of hydrogen-bond acceptors (Lipinski definition) is 6. The van der Waals surface area contributed by atoms with Gasteiger partial charge in [0.05, 0.1) is 11.8 Å². The number of fused-ring (bicyclic) bond motifs is 1. The third kappa shape index (κ3) is 4.56. The molecule has 2 heterocycles. The number of nitrogens with one attached hydrogen (secondary N) is 1. The Morgan fingerprint density at radius 2 is 2.04 bits per heavy atom. The van der Waals surface area contributed by atoms with Gasteiger partial charge in [0.1, 0.15) is 10.6 Å². The third-order valence-corrected chi connectivity index (χ3v) is 6.25. The molecule has 0 aliphatic heterocycles. The molecule has 1 aromatic carbocycles. The molecule has 1 atom stereocenters. The molecule has 0 radical (unpaired) electrons. The number of ether oxygens (including phenoxy) is 1. The second kappa shape index (κ2) is 8.22. The zero-order chi connectivity index (χ0) is 19.6. The first-order chi connectivity index (χ1) is 12.8. The zero-order valence-corrected chi connectivity index (χ0v) is 16.8. The average Bonchev–Trinajstić information content (AvgIpc) is 2.91. The summed E-state index contributed by atoms with van der Waals surface area (Å²) in [5.74, 6) is 0.192. The Bertz CT molecular complexity index is 1030. The molecule has 8 heteroatoms. The van der Waals surface area contributed by atoms with Gasteiger partial charge in [-0.05, 0) is 50.6 Å². The number of thiophene rings is 1. The molecule has 1 N–H and O–H groups in total. The van der Waals surface area contributed by atoms with E-state index >= 15 is 0 Å². The maximum absolute atomic E-state index is 12.9. The lowest BCUT2D eigenvalue weighted by atomic mass is 10.2. The first kappa shape index (κ1) is 19.6. The van der Waals surface area contributed by atoms with Crippen LogP contribution >= 0.6 is 23.1 Å². The van der Waals surface area contributed by atoms with E-state index in [-0.39, 0.29) is 23.8 Å². The molecule has 0 saturated heterocycles. The van der Waals surface area contributed by atoms with Crippen molar-refractivity contribution in [1.29, 1.82) is 0 Å². The molecule has 0 aliphatic carbocycles. The van der Waals surface area contributed by atoms with Gasteiger partial charge < -0.3 is 9.72 Å². The summed E-state index contributed by atoms with van der Waals surface area (Å²) in [7, 11) is 0. The van der Waals surface area contributed by atoms with E-state index in [0.717, 1.165) is 15.3 Å². The fourth-order valence-corrected chi connectivity index (χ4v) is 4.43. The normalized spacial score (nSPS) is 12.3. The van der Waals surface area contributed by atoms with Gasteiger partial charge >= 0.3 is 5.97 Å². The van der Waals surface area contributed by atoms with Crippen molar-refractivity contribution in [2.45, 2.75) is 38.2 Å². The number of benzene rings is 1. The predicted octanol–water partition coefficient (Wildman–Crippen LogP) is 4.53. The Morgan fingerprint density at radius 1 is 1.33 bits per heavy atom. The summed E-state index contributed by atoms with van der Waals surface area (Å²) in [5.41, 5.74) is 0.712. The highest BCUT2D eigenvalue weighted by Gasteiger charge is 2.18. The Hall–Kier alpha value is -2.19. The minimum atomic E-state index is -0.645. The van der Waals surface area contributed by atoms with Crippen LogP contribution < -0.4 is 5.56 Å². The summed E-state index contributed by atoms with van der Waals surface area (Å²) >= 11 is 2.90. The summed E-state index contributed by atoms with van der Waals surface area (Å²) in [4.78, 5) is 34.1. The Labute approximate surface area is 164 Å². The van der Waals surface area contributed by atoms with Crippen molar-refractivity contribution in [2.75, 3.05) is 5.75 Å². The highest BCUT2D eigenvalue weighted by molar-refractivity contribution is 7.99. The van der Waals surface area contributed by atoms with Crippen molar-refractivity contribution in [3.8, 4) is 0 Å². The molecule has 142 valence electrons. The van der Waals surface area contributed by atoms with E-state index in [1.807, 2.05) is 13.8 Å². The van der Waals surface area contributed by atoms with Crippen molar-refractivity contribution in [3.05, 3.63) is 56.7 Å². The molecule has 0 amide bonds. The Balaban J connectivity index is 1.60. The first-order valence-electron chi connectivity index (χ1n) is 8.43. The average molecular weight is 407 g/mol. The molecule has 3 rings (SSSR count). The monoisotopic (exact) mass is 406 g/mol. The van der Waals surface area contributed by atoms with E-state index in [4.69, 9.17) is 4.74 Å². The number of hydrogen-bond donors (Lipinski definition) is 1. The number of nitrogens with zero attached hydrogens (tertiary/aromatic N) is 1. The quantitative estimate of drug-likeness (QED) is 0.481. The van der Waals surface area contributed by atoms with Crippen LogP contribution in [0.1, 0.15) is 35.7 Å². The summed E-state index contributed by atoms with van der Waals surface area (Å²) in [5, 5.41) is 0.593. The molecule has 2 aromatic heterocycles. The van der Waals surface area contributed by atoms with Gasteiger partial charge in [-0.2, -0.15) is 0 Å². The van der Waals surface area contributed by atoms with Gasteiger partial charge in [0.25, 0.3) is 5.56 Å². The van der Waals surface area contributed by atoms with Crippen LogP contribution in [-0.2, 0) is 9.53 Å². The maximum atomic E-state index is 12.9. The standard InChI is InChI=1S/C19H19FN2O3S2/c1-10-12(3)27-19-16(10)18(24)21-17(22-19)11(2)25-15(23)8-9-26-14-6-4-13(20)5-7-14/h4-7,11H,8-9H2,1-3H3,(H,21,22,24)/t11-/m0/s1. The summed E-state index contributed by atoms with van der Waals surface area (Å²) < 4.78 is 18.3. The second-order valence-electron chi connectivity index (χ2n) is 6.10. The van der Waals surface area contributed by atoms with Crippen molar-refractivity contribution >= 4 is 39.3 Å². The lowest BCUT2D eigenvalue weighted by Crippen LogP contribution is -2.17. The van der Waals surface area contributed by atoms with Gasteiger partial charge in [0, 0.05) is 15.5 Å². The highest BCUT2D eigenvalue weighted by Crippen LogP contribution is 2.27. The van der Waals surface area contributed by atoms with Gasteiger partial charge in [0.15, 0.2) is 11.9 Å². The maximum Gasteiger partial charge on any atom is 0.307 e. The SMILES string of the molecule is Cc1sc2nc([C@H](C)OC(=O)CCSc3ccc(F)cc3)[nH]c(=O)c2c1C. The third-order valence-electron chi connectivity index (χ3n) is 4.14. The fourth-order valence-electron chi connectivity index (χ4n) is 2.56. The van der Waals surface area contributed by atoms with Crippen LogP contribution in [0.2, 0.25) is 0 Å². The lowest BCUT2D eigenvalue weighted by Gasteiger charge is -2.12. The molecule has 27 heavy (non-hydrogen) atoms. The molecule has 0 saturated carbocycles. The van der Waals surface area contributed by atoms with Crippen LogP contribution in [0.15, 0.2) is 34.0 Å². The van der Waals surface area contributed by atoms with E-state index in [9.17, 15) is 14.0 Å². The molecule has 3 aromatic rings. The smallest absolute Gasteiger partial charge is 0.307 e. The summed E-state index contributed by atoms with van der Waals surface area (Å²) in [6.45, 7) is 5.53. The van der Waals surface area contributed by atoms with Gasteiger partial charge in [0.2, 0.25) is 0 Å². The van der Waals surface area contributed by atoms with E-state index in [0.29, 0.717) is 21.8 Å². The summed E-state index contributed by atoms with van der Waals surface area (Å²) in [6.07, 6.45) is -0.441. The topological polar surface area (TPSA) is 72.0 Å². The second-order valence-corrected chi connectivity index (χ2v) is 8.47. The number of esters is 1. The number of aromatic amines is 1. The molecule has 0 fully saturated rings. The molecule has 0 bridgehead atoms. The van der Waals surface area contributed by atoms with Crippen molar-refractivity contribution in [1.82, 2.24) is 9.97 Å². The van der Waals surface area contributed by atoms with Gasteiger partial charge in [-0.3, -0.25) is 9.59 Å². The summed E-state index contributed by atoms with van der Waals surface area (Å²) in [6, 6.07) is 6.11. The van der Waals surface area contributed by atoms with Gasteiger partial charge in [-0.15, -0.1) is 23.1 Å². The number of halogens is 1. The molecular weight excluding hydrogens is 387 g/mol. The minimum Gasteiger partial charge on any atom is -0.454 e. The molecule has 0 unspecified atom stereocenters.